The number of benzene rings is 1. The van der Waals surface area contributed by atoms with Crippen molar-refractivity contribution in [3.05, 3.63) is 23.2 Å². The number of carbonyl (C=O) groups excluding carboxylic acids is 1. The van der Waals surface area contributed by atoms with E-state index in [1.165, 1.54) is 23.1 Å². The molecule has 25 heavy (non-hydrogen) atoms. The second-order valence-electron chi connectivity index (χ2n) is 6.69. The molecule has 1 aromatic rings. The van der Waals surface area contributed by atoms with Crippen molar-refractivity contribution >= 4 is 17.6 Å². The molecule has 1 aromatic carbocycles. The van der Waals surface area contributed by atoms with E-state index in [1.54, 1.807) is 0 Å². The Bertz CT molecular complexity index is 675. The second kappa shape index (κ2) is 6.16. The topological polar surface area (TPSA) is 50.8 Å². The Morgan fingerprint density at radius 1 is 1.24 bits per heavy atom. The zero-order chi connectivity index (χ0) is 18.4. The number of piperidine rings is 1. The van der Waals surface area contributed by atoms with Crippen LogP contribution in [0.15, 0.2) is 18.2 Å². The number of hydrogen-bond acceptors (Lipinski definition) is 3. The van der Waals surface area contributed by atoms with Crippen LogP contribution in [-0.4, -0.2) is 36.1 Å². The van der Waals surface area contributed by atoms with E-state index < -0.39 is 18.1 Å². The molecule has 0 aliphatic carbocycles. The number of ether oxygens (including phenoxy) is 2. The number of halogens is 4. The van der Waals surface area contributed by atoms with Crippen LogP contribution in [0.25, 0.3) is 0 Å². The monoisotopic (exact) mass is 378 g/mol. The molecular formula is C16H18ClF3N2O3. The number of alkyl halides is 3. The lowest BCUT2D eigenvalue weighted by Crippen LogP contribution is -2.67. The smallest absolute Gasteiger partial charge is 0.424 e. The molecule has 138 valence electrons. The molecule has 3 rings (SSSR count). The van der Waals surface area contributed by atoms with Gasteiger partial charge in [0.15, 0.2) is 11.5 Å². The van der Waals surface area contributed by atoms with Crippen molar-refractivity contribution in [2.75, 3.05) is 13.1 Å². The summed E-state index contributed by atoms with van der Waals surface area (Å²) in [4.78, 5) is 13.8. The van der Waals surface area contributed by atoms with Gasteiger partial charge < -0.3 is 14.4 Å². The normalized spacial score (nSPS) is 28.8. The van der Waals surface area contributed by atoms with Crippen molar-refractivity contribution in [1.82, 2.24) is 10.2 Å². The number of carbonyl (C=O) groups is 1. The highest BCUT2D eigenvalue weighted by molar-refractivity contribution is 6.30. The SMILES string of the molecule is C[C@@H]1C[C@@H](C)CN(C(=O)N[C@@]2(C(F)(F)F)Oc3ccc(Cl)cc3O2)C1. The number of hydrogen-bond donors (Lipinski definition) is 1. The highest BCUT2D eigenvalue weighted by Gasteiger charge is 2.66. The number of amides is 2. The van der Waals surface area contributed by atoms with Gasteiger partial charge in [-0.2, -0.15) is 13.2 Å². The Balaban J connectivity index is 1.83. The molecule has 0 aromatic heterocycles. The van der Waals surface area contributed by atoms with Crippen LogP contribution in [0.5, 0.6) is 11.5 Å². The summed E-state index contributed by atoms with van der Waals surface area (Å²) in [5.41, 5.74) is 0. The maximum absolute atomic E-state index is 13.6. The van der Waals surface area contributed by atoms with Crippen LogP contribution in [0.3, 0.4) is 0 Å². The fraction of sp³-hybridized carbons (Fsp3) is 0.562. The van der Waals surface area contributed by atoms with Gasteiger partial charge in [-0.05, 0) is 30.4 Å². The van der Waals surface area contributed by atoms with Crippen molar-refractivity contribution < 1.29 is 27.4 Å². The number of fused-ring (bicyclic) bond motifs is 1. The standard InChI is InChI=1S/C16H18ClF3N2O3/c1-9-5-10(2)8-22(7-9)14(23)21-16(15(18,19)20)24-12-4-3-11(17)6-13(12)25-16/h3-4,6,9-10H,5,7-8H2,1-2H3,(H,21,23)/t9-,10-,16+/m1/s1. The van der Waals surface area contributed by atoms with E-state index in [1.807, 2.05) is 19.2 Å². The largest absolute Gasteiger partial charge is 0.492 e. The molecule has 5 nitrogen and oxygen atoms in total. The van der Waals surface area contributed by atoms with Crippen molar-refractivity contribution in [2.45, 2.75) is 32.4 Å². The summed E-state index contributed by atoms with van der Waals surface area (Å²) in [5.74, 6) is -3.16. The lowest BCUT2D eigenvalue weighted by molar-refractivity contribution is -0.318. The third-order valence-corrected chi connectivity index (χ3v) is 4.45. The first-order valence-corrected chi connectivity index (χ1v) is 8.29. The lowest BCUT2D eigenvalue weighted by Gasteiger charge is -2.37. The molecule has 0 bridgehead atoms. The van der Waals surface area contributed by atoms with Gasteiger partial charge in [-0.15, -0.1) is 0 Å². The molecule has 9 heteroatoms. The predicted octanol–water partition coefficient (Wildman–Crippen LogP) is 4.01. The van der Waals surface area contributed by atoms with Gasteiger partial charge in [-0.1, -0.05) is 25.4 Å². The highest BCUT2D eigenvalue weighted by atomic mass is 35.5. The summed E-state index contributed by atoms with van der Waals surface area (Å²) in [5, 5.41) is 2.08. The van der Waals surface area contributed by atoms with Crippen molar-refractivity contribution in [3.63, 3.8) is 0 Å². The number of nitrogens with zero attached hydrogens (tertiary/aromatic N) is 1. The zero-order valence-corrected chi connectivity index (χ0v) is 14.4. The van der Waals surface area contributed by atoms with E-state index in [2.05, 4.69) is 0 Å². The minimum Gasteiger partial charge on any atom is -0.424 e. The van der Waals surface area contributed by atoms with Crippen molar-refractivity contribution in [2.24, 2.45) is 11.8 Å². The third-order valence-electron chi connectivity index (χ3n) is 4.21. The van der Waals surface area contributed by atoms with Crippen LogP contribution in [0.4, 0.5) is 18.0 Å². The first-order chi connectivity index (χ1) is 11.6. The van der Waals surface area contributed by atoms with Crippen molar-refractivity contribution in [1.29, 1.82) is 0 Å². The van der Waals surface area contributed by atoms with Crippen LogP contribution in [0, 0.1) is 11.8 Å². The quantitative estimate of drug-likeness (QED) is 0.803. The van der Waals surface area contributed by atoms with Crippen LogP contribution in [0.2, 0.25) is 5.02 Å². The van der Waals surface area contributed by atoms with Gasteiger partial charge in [0.05, 0.1) is 0 Å². The molecule has 2 aliphatic heterocycles. The maximum Gasteiger partial charge on any atom is 0.492 e. The van der Waals surface area contributed by atoms with E-state index in [4.69, 9.17) is 21.1 Å². The summed E-state index contributed by atoms with van der Waals surface area (Å²) >= 11 is 5.78. The summed E-state index contributed by atoms with van der Waals surface area (Å²) < 4.78 is 50.9. The fourth-order valence-electron chi connectivity index (χ4n) is 3.26. The molecule has 0 radical (unpaired) electrons. The van der Waals surface area contributed by atoms with E-state index in [-0.39, 0.29) is 28.4 Å². The summed E-state index contributed by atoms with van der Waals surface area (Å²) in [6, 6.07) is 2.98. The van der Waals surface area contributed by atoms with E-state index in [9.17, 15) is 18.0 Å². The van der Waals surface area contributed by atoms with Crippen LogP contribution < -0.4 is 14.8 Å². The Hall–Kier alpha value is -1.83. The van der Waals surface area contributed by atoms with Crippen molar-refractivity contribution in [3.8, 4) is 11.5 Å². The first kappa shape index (κ1) is 18.0. The Labute approximate surface area is 148 Å². The number of urea groups is 1. The van der Waals surface area contributed by atoms with Gasteiger partial charge in [-0.25, -0.2) is 4.79 Å². The van der Waals surface area contributed by atoms with Crippen LogP contribution >= 0.6 is 11.6 Å². The van der Waals surface area contributed by atoms with Gasteiger partial charge in [0.25, 0.3) is 0 Å². The molecule has 1 fully saturated rings. The molecule has 2 heterocycles. The second-order valence-corrected chi connectivity index (χ2v) is 7.13. The molecule has 2 aliphatic rings. The number of rotatable bonds is 1. The van der Waals surface area contributed by atoms with Crippen LogP contribution in [-0.2, 0) is 0 Å². The Morgan fingerprint density at radius 3 is 2.44 bits per heavy atom. The van der Waals surface area contributed by atoms with Gasteiger partial charge in [0.2, 0.25) is 0 Å². The average molecular weight is 379 g/mol. The summed E-state index contributed by atoms with van der Waals surface area (Å²) in [7, 11) is 0. The van der Waals surface area contributed by atoms with Gasteiger partial charge in [0, 0.05) is 24.2 Å². The summed E-state index contributed by atoms with van der Waals surface area (Å²) in [6.45, 7) is 4.66. The molecular weight excluding hydrogens is 361 g/mol. The van der Waals surface area contributed by atoms with E-state index in [0.29, 0.717) is 13.1 Å². The molecule has 1 saturated heterocycles. The molecule has 1 N–H and O–H groups in total. The van der Waals surface area contributed by atoms with Crippen LogP contribution in [0.1, 0.15) is 20.3 Å². The summed E-state index contributed by atoms with van der Waals surface area (Å²) in [6.07, 6.45) is -4.06. The predicted molar refractivity (Wildman–Crippen MR) is 84.5 cm³/mol. The Morgan fingerprint density at radius 2 is 1.84 bits per heavy atom. The van der Waals surface area contributed by atoms with Gasteiger partial charge in [0.1, 0.15) is 0 Å². The van der Waals surface area contributed by atoms with E-state index >= 15 is 0 Å². The van der Waals surface area contributed by atoms with Gasteiger partial charge in [-0.3, -0.25) is 5.32 Å². The molecule has 0 unspecified atom stereocenters. The number of likely N-dealkylation sites (tertiary alicyclic amines) is 1. The maximum atomic E-state index is 13.6. The molecule has 0 saturated carbocycles. The zero-order valence-electron chi connectivity index (χ0n) is 13.7. The fourth-order valence-corrected chi connectivity index (χ4v) is 3.42. The first-order valence-electron chi connectivity index (χ1n) is 7.91. The molecule has 2 amide bonds. The minimum absolute atomic E-state index is 0.137. The number of nitrogens with one attached hydrogen (secondary N) is 1. The van der Waals surface area contributed by atoms with Gasteiger partial charge >= 0.3 is 18.1 Å². The highest BCUT2D eigenvalue weighted by Crippen LogP contribution is 2.46. The molecule has 3 atom stereocenters. The lowest BCUT2D eigenvalue weighted by atomic mass is 9.92. The average Bonchev–Trinajstić information content (AvgIpc) is 2.84. The molecule has 0 spiro atoms. The Kier molecular flexibility index (Phi) is 4.43. The van der Waals surface area contributed by atoms with E-state index in [0.717, 1.165) is 6.42 Å². The minimum atomic E-state index is -4.98. The third kappa shape index (κ3) is 3.44.